The van der Waals surface area contributed by atoms with Gasteiger partial charge in [-0.1, -0.05) is 47.0 Å². The van der Waals surface area contributed by atoms with Crippen LogP contribution < -0.4 is 5.32 Å². The van der Waals surface area contributed by atoms with Gasteiger partial charge in [0, 0.05) is 6.04 Å². The summed E-state index contributed by atoms with van der Waals surface area (Å²) in [6, 6.07) is 0.794. The van der Waals surface area contributed by atoms with Crippen molar-refractivity contribution in [3.05, 3.63) is 0 Å². The van der Waals surface area contributed by atoms with Gasteiger partial charge in [-0.15, -0.1) is 0 Å². The molecular weight excluding hydrogens is 194 g/mol. The minimum absolute atomic E-state index is 0.589. The van der Waals surface area contributed by atoms with Gasteiger partial charge in [0.05, 0.1) is 0 Å². The van der Waals surface area contributed by atoms with Crippen LogP contribution in [-0.2, 0) is 0 Å². The lowest BCUT2D eigenvalue weighted by Crippen LogP contribution is -2.33. The first-order valence-electron chi connectivity index (χ1n) is 7.30. The monoisotopic (exact) mass is 225 g/mol. The lowest BCUT2D eigenvalue weighted by molar-refractivity contribution is 0.307. The van der Waals surface area contributed by atoms with Crippen molar-refractivity contribution in [3.63, 3.8) is 0 Å². The molecule has 1 N–H and O–H groups in total. The second kappa shape index (κ2) is 6.64. The zero-order valence-electron chi connectivity index (χ0n) is 11.8. The molecule has 1 saturated carbocycles. The van der Waals surface area contributed by atoms with Gasteiger partial charge >= 0.3 is 0 Å². The molecule has 0 saturated heterocycles. The standard InChI is InChI=1S/C15H31N/c1-5-13(6-2)12-16-14-8-7-10-15(3,4)11-9-14/h13-14,16H,5-12H2,1-4H3. The van der Waals surface area contributed by atoms with Crippen LogP contribution in [0.4, 0.5) is 0 Å². The summed E-state index contributed by atoms with van der Waals surface area (Å²) < 4.78 is 0. The highest BCUT2D eigenvalue weighted by Crippen LogP contribution is 2.33. The van der Waals surface area contributed by atoms with E-state index in [1.54, 1.807) is 0 Å². The zero-order chi connectivity index (χ0) is 12.0. The Labute approximate surface area is 102 Å². The molecule has 16 heavy (non-hydrogen) atoms. The van der Waals surface area contributed by atoms with E-state index in [1.807, 2.05) is 0 Å². The van der Waals surface area contributed by atoms with Crippen molar-refractivity contribution in [2.45, 2.75) is 78.7 Å². The van der Waals surface area contributed by atoms with Crippen LogP contribution in [0.25, 0.3) is 0 Å². The van der Waals surface area contributed by atoms with Crippen molar-refractivity contribution in [1.29, 1.82) is 0 Å². The van der Waals surface area contributed by atoms with E-state index in [0.717, 1.165) is 12.0 Å². The van der Waals surface area contributed by atoms with Gasteiger partial charge in [-0.05, 0) is 43.6 Å². The van der Waals surface area contributed by atoms with Gasteiger partial charge in [-0.3, -0.25) is 0 Å². The summed E-state index contributed by atoms with van der Waals surface area (Å²) in [5, 5.41) is 3.80. The number of nitrogens with one attached hydrogen (secondary N) is 1. The van der Waals surface area contributed by atoms with Gasteiger partial charge in [-0.25, -0.2) is 0 Å². The summed E-state index contributed by atoms with van der Waals surface area (Å²) in [5.74, 6) is 0.885. The van der Waals surface area contributed by atoms with E-state index in [1.165, 1.54) is 51.5 Å². The molecule has 0 aromatic rings. The highest BCUT2D eigenvalue weighted by Gasteiger charge is 2.24. The Hall–Kier alpha value is -0.0400. The van der Waals surface area contributed by atoms with Crippen LogP contribution in [0.2, 0.25) is 0 Å². The number of hydrogen-bond acceptors (Lipinski definition) is 1. The third-order valence-corrected chi connectivity index (χ3v) is 4.43. The van der Waals surface area contributed by atoms with Crippen LogP contribution in [0.3, 0.4) is 0 Å². The summed E-state index contributed by atoms with van der Waals surface area (Å²) in [5.41, 5.74) is 0.589. The van der Waals surface area contributed by atoms with Gasteiger partial charge in [0.25, 0.3) is 0 Å². The minimum atomic E-state index is 0.589. The number of rotatable bonds is 5. The molecule has 0 amide bonds. The molecule has 0 aromatic carbocycles. The van der Waals surface area contributed by atoms with Crippen LogP contribution in [0.5, 0.6) is 0 Å². The molecule has 1 nitrogen and oxygen atoms in total. The normalized spacial score (nSPS) is 25.7. The topological polar surface area (TPSA) is 12.0 Å². The highest BCUT2D eigenvalue weighted by molar-refractivity contribution is 4.80. The first-order chi connectivity index (χ1) is 7.57. The Balaban J connectivity index is 2.27. The summed E-state index contributed by atoms with van der Waals surface area (Å²) in [6.07, 6.45) is 9.64. The smallest absolute Gasteiger partial charge is 0.00673 e. The van der Waals surface area contributed by atoms with Gasteiger partial charge in [-0.2, -0.15) is 0 Å². The summed E-state index contributed by atoms with van der Waals surface area (Å²) in [6.45, 7) is 10.7. The van der Waals surface area contributed by atoms with Crippen LogP contribution in [-0.4, -0.2) is 12.6 Å². The Morgan fingerprint density at radius 1 is 1.12 bits per heavy atom. The minimum Gasteiger partial charge on any atom is -0.314 e. The SMILES string of the molecule is CCC(CC)CNC1CCCC(C)(C)CC1. The molecule has 1 unspecified atom stereocenters. The quantitative estimate of drug-likeness (QED) is 0.685. The van der Waals surface area contributed by atoms with Crippen LogP contribution in [0.1, 0.15) is 72.6 Å². The molecule has 1 aliphatic rings. The molecule has 0 radical (unpaired) electrons. The van der Waals surface area contributed by atoms with Crippen molar-refractivity contribution in [2.75, 3.05) is 6.54 Å². The van der Waals surface area contributed by atoms with Crippen molar-refractivity contribution in [1.82, 2.24) is 5.32 Å². The van der Waals surface area contributed by atoms with Crippen molar-refractivity contribution >= 4 is 0 Å². The molecule has 0 aromatic heterocycles. The van der Waals surface area contributed by atoms with Crippen LogP contribution in [0.15, 0.2) is 0 Å². The molecule has 0 heterocycles. The molecule has 1 fully saturated rings. The molecule has 1 rings (SSSR count). The average Bonchev–Trinajstić information content (AvgIpc) is 2.41. The van der Waals surface area contributed by atoms with Gasteiger partial charge < -0.3 is 5.32 Å². The summed E-state index contributed by atoms with van der Waals surface area (Å²) in [7, 11) is 0. The summed E-state index contributed by atoms with van der Waals surface area (Å²) in [4.78, 5) is 0. The highest BCUT2D eigenvalue weighted by atomic mass is 14.9. The molecule has 1 aliphatic carbocycles. The largest absolute Gasteiger partial charge is 0.314 e. The second-order valence-corrected chi connectivity index (χ2v) is 6.38. The lowest BCUT2D eigenvalue weighted by atomic mass is 9.85. The predicted octanol–water partition coefficient (Wildman–Crippen LogP) is 4.37. The zero-order valence-corrected chi connectivity index (χ0v) is 11.8. The molecule has 0 aliphatic heterocycles. The van der Waals surface area contributed by atoms with E-state index in [0.29, 0.717) is 5.41 Å². The molecule has 0 bridgehead atoms. The Morgan fingerprint density at radius 3 is 2.44 bits per heavy atom. The van der Waals surface area contributed by atoms with Gasteiger partial charge in [0.1, 0.15) is 0 Å². The fourth-order valence-corrected chi connectivity index (χ4v) is 2.78. The van der Waals surface area contributed by atoms with E-state index in [4.69, 9.17) is 0 Å². The van der Waals surface area contributed by atoms with Gasteiger partial charge in [0.2, 0.25) is 0 Å². The fraction of sp³-hybridized carbons (Fsp3) is 1.00. The Morgan fingerprint density at radius 2 is 1.81 bits per heavy atom. The maximum atomic E-state index is 3.80. The second-order valence-electron chi connectivity index (χ2n) is 6.38. The van der Waals surface area contributed by atoms with E-state index in [-0.39, 0.29) is 0 Å². The fourth-order valence-electron chi connectivity index (χ4n) is 2.78. The van der Waals surface area contributed by atoms with Crippen molar-refractivity contribution in [3.8, 4) is 0 Å². The molecule has 1 heteroatoms. The third kappa shape index (κ3) is 4.86. The third-order valence-electron chi connectivity index (χ3n) is 4.43. The maximum absolute atomic E-state index is 3.80. The van der Waals surface area contributed by atoms with E-state index in [9.17, 15) is 0 Å². The van der Waals surface area contributed by atoms with Crippen molar-refractivity contribution < 1.29 is 0 Å². The molecule has 96 valence electrons. The molecule has 0 spiro atoms. The first kappa shape index (κ1) is 14.0. The first-order valence-corrected chi connectivity index (χ1v) is 7.30. The lowest BCUT2D eigenvalue weighted by Gasteiger charge is -2.23. The maximum Gasteiger partial charge on any atom is 0.00673 e. The van der Waals surface area contributed by atoms with Gasteiger partial charge in [0.15, 0.2) is 0 Å². The van der Waals surface area contributed by atoms with Crippen LogP contribution >= 0.6 is 0 Å². The summed E-state index contributed by atoms with van der Waals surface area (Å²) >= 11 is 0. The number of hydrogen-bond donors (Lipinski definition) is 1. The van der Waals surface area contributed by atoms with E-state index >= 15 is 0 Å². The molecular formula is C15H31N. The Kier molecular flexibility index (Phi) is 5.82. The van der Waals surface area contributed by atoms with E-state index < -0.39 is 0 Å². The van der Waals surface area contributed by atoms with Crippen molar-refractivity contribution in [2.24, 2.45) is 11.3 Å². The predicted molar refractivity (Wildman–Crippen MR) is 72.7 cm³/mol. The van der Waals surface area contributed by atoms with Crippen LogP contribution in [0, 0.1) is 11.3 Å². The molecule has 1 atom stereocenters. The Bertz CT molecular complexity index is 182. The average molecular weight is 225 g/mol. The van der Waals surface area contributed by atoms with E-state index in [2.05, 4.69) is 33.0 Å².